The molecule has 7 nitrogen and oxygen atoms in total. The predicted molar refractivity (Wildman–Crippen MR) is 75.9 cm³/mol. The molecule has 7 heteroatoms. The number of hydrogen-bond acceptors (Lipinski definition) is 7. The summed E-state index contributed by atoms with van der Waals surface area (Å²) in [5.74, 6) is -2.83. The third kappa shape index (κ3) is 2.47. The van der Waals surface area contributed by atoms with Crippen LogP contribution in [0.1, 0.15) is 10.4 Å². The Morgan fingerprint density at radius 2 is 1.64 bits per heavy atom. The van der Waals surface area contributed by atoms with E-state index >= 15 is 0 Å². The number of ether oxygens (including phenoxy) is 1. The van der Waals surface area contributed by atoms with E-state index in [2.05, 4.69) is 9.97 Å². The number of phenolic OH excluding ortho intramolecular Hbond substituents is 3. The fourth-order valence-electron chi connectivity index (χ4n) is 1.87. The zero-order valence-corrected chi connectivity index (χ0v) is 11.1. The lowest BCUT2D eigenvalue weighted by Gasteiger charge is -2.06. The van der Waals surface area contributed by atoms with Gasteiger partial charge in [-0.25, -0.2) is 14.8 Å². The van der Waals surface area contributed by atoms with Crippen LogP contribution in [0, 0.1) is 0 Å². The maximum atomic E-state index is 12.0. The van der Waals surface area contributed by atoms with Crippen molar-refractivity contribution in [3.8, 4) is 23.1 Å². The summed E-state index contributed by atoms with van der Waals surface area (Å²) in [5, 5.41) is 28.0. The number of aromatic hydroxyl groups is 3. The standard InChI is InChI=1S/C15H10N2O5/c18-11-5-8(6-12(19)14(11)20)15(21)22-13-7-16-9-3-1-2-4-10(9)17-13/h1-7,18-20H. The van der Waals surface area contributed by atoms with Gasteiger partial charge in [0.2, 0.25) is 5.88 Å². The molecule has 0 saturated heterocycles. The van der Waals surface area contributed by atoms with Gasteiger partial charge in [0.05, 0.1) is 22.8 Å². The molecule has 110 valence electrons. The Bertz CT molecular complexity index is 856. The third-order valence-electron chi connectivity index (χ3n) is 2.93. The van der Waals surface area contributed by atoms with Gasteiger partial charge in [-0.1, -0.05) is 12.1 Å². The van der Waals surface area contributed by atoms with Gasteiger partial charge in [-0.15, -0.1) is 0 Å². The van der Waals surface area contributed by atoms with E-state index in [1.165, 1.54) is 6.20 Å². The van der Waals surface area contributed by atoms with E-state index in [1.807, 2.05) is 6.07 Å². The average molecular weight is 298 g/mol. The average Bonchev–Trinajstić information content (AvgIpc) is 2.52. The van der Waals surface area contributed by atoms with Crippen LogP contribution in [-0.4, -0.2) is 31.3 Å². The van der Waals surface area contributed by atoms with Crippen molar-refractivity contribution in [2.24, 2.45) is 0 Å². The van der Waals surface area contributed by atoms with Crippen LogP contribution in [-0.2, 0) is 0 Å². The van der Waals surface area contributed by atoms with Gasteiger partial charge in [-0.05, 0) is 24.3 Å². The summed E-state index contributed by atoms with van der Waals surface area (Å²) in [5.41, 5.74) is 1.08. The summed E-state index contributed by atoms with van der Waals surface area (Å²) in [7, 11) is 0. The molecule has 0 aliphatic carbocycles. The van der Waals surface area contributed by atoms with Gasteiger partial charge < -0.3 is 20.1 Å². The van der Waals surface area contributed by atoms with Gasteiger partial charge in [0, 0.05) is 0 Å². The number of carbonyl (C=O) groups excluding carboxylic acids is 1. The number of fused-ring (bicyclic) bond motifs is 1. The molecule has 0 amide bonds. The molecule has 0 bridgehead atoms. The van der Waals surface area contributed by atoms with E-state index in [-0.39, 0.29) is 11.4 Å². The number of phenols is 3. The Morgan fingerprint density at radius 1 is 1.00 bits per heavy atom. The van der Waals surface area contributed by atoms with Crippen LogP contribution in [0.15, 0.2) is 42.6 Å². The molecule has 0 fully saturated rings. The van der Waals surface area contributed by atoms with Crippen molar-refractivity contribution >= 4 is 17.0 Å². The minimum Gasteiger partial charge on any atom is -0.504 e. The minimum absolute atomic E-state index is 0.0178. The highest BCUT2D eigenvalue weighted by Gasteiger charge is 2.16. The van der Waals surface area contributed by atoms with Crippen LogP contribution in [0.2, 0.25) is 0 Å². The van der Waals surface area contributed by atoms with E-state index < -0.39 is 23.2 Å². The fourth-order valence-corrected chi connectivity index (χ4v) is 1.87. The first-order chi connectivity index (χ1) is 10.5. The summed E-state index contributed by atoms with van der Waals surface area (Å²) in [4.78, 5) is 20.2. The first kappa shape index (κ1) is 13.6. The summed E-state index contributed by atoms with van der Waals surface area (Å²) >= 11 is 0. The summed E-state index contributed by atoms with van der Waals surface area (Å²) < 4.78 is 5.04. The lowest BCUT2D eigenvalue weighted by molar-refractivity contribution is 0.0726. The highest BCUT2D eigenvalue weighted by Crippen LogP contribution is 2.35. The largest absolute Gasteiger partial charge is 0.504 e. The van der Waals surface area contributed by atoms with Gasteiger partial charge >= 0.3 is 5.97 Å². The van der Waals surface area contributed by atoms with Gasteiger partial charge in [-0.2, -0.15) is 0 Å². The molecule has 0 radical (unpaired) electrons. The normalized spacial score (nSPS) is 10.5. The highest BCUT2D eigenvalue weighted by atomic mass is 16.5. The Kier molecular flexibility index (Phi) is 3.23. The van der Waals surface area contributed by atoms with Crippen LogP contribution < -0.4 is 4.74 Å². The maximum Gasteiger partial charge on any atom is 0.345 e. The first-order valence-electron chi connectivity index (χ1n) is 6.23. The van der Waals surface area contributed by atoms with Crippen molar-refractivity contribution in [3.05, 3.63) is 48.2 Å². The molecule has 0 saturated carbocycles. The Labute approximate surface area is 124 Å². The van der Waals surface area contributed by atoms with Crippen LogP contribution in [0.25, 0.3) is 11.0 Å². The minimum atomic E-state index is -0.852. The maximum absolute atomic E-state index is 12.0. The molecule has 3 aromatic rings. The lowest BCUT2D eigenvalue weighted by Crippen LogP contribution is -2.09. The van der Waals surface area contributed by atoms with Crippen molar-refractivity contribution in [3.63, 3.8) is 0 Å². The van der Waals surface area contributed by atoms with Crippen molar-refractivity contribution in [1.29, 1.82) is 0 Å². The molecular formula is C15H10N2O5. The number of benzene rings is 2. The van der Waals surface area contributed by atoms with Gasteiger partial charge in [-0.3, -0.25) is 0 Å². The molecule has 0 aliphatic rings. The van der Waals surface area contributed by atoms with Gasteiger partial charge in [0.15, 0.2) is 17.2 Å². The van der Waals surface area contributed by atoms with Crippen LogP contribution in [0.3, 0.4) is 0 Å². The summed E-state index contributed by atoms with van der Waals surface area (Å²) in [6.45, 7) is 0. The summed E-state index contributed by atoms with van der Waals surface area (Å²) in [6.07, 6.45) is 1.29. The third-order valence-corrected chi connectivity index (χ3v) is 2.93. The van der Waals surface area contributed by atoms with Crippen molar-refractivity contribution in [1.82, 2.24) is 9.97 Å². The smallest absolute Gasteiger partial charge is 0.345 e. The summed E-state index contributed by atoms with van der Waals surface area (Å²) in [6, 6.07) is 9.03. The molecule has 0 aliphatic heterocycles. The molecule has 0 atom stereocenters. The molecular weight excluding hydrogens is 288 g/mol. The van der Waals surface area contributed by atoms with E-state index in [0.29, 0.717) is 11.0 Å². The lowest BCUT2D eigenvalue weighted by atomic mass is 10.2. The van der Waals surface area contributed by atoms with Gasteiger partial charge in [0.1, 0.15) is 0 Å². The second kappa shape index (κ2) is 5.21. The molecule has 3 N–H and O–H groups in total. The number of aromatic nitrogens is 2. The highest BCUT2D eigenvalue weighted by molar-refractivity contribution is 5.92. The van der Waals surface area contributed by atoms with E-state index in [1.54, 1.807) is 18.2 Å². The number of nitrogens with zero attached hydrogens (tertiary/aromatic N) is 2. The van der Waals surface area contributed by atoms with Crippen molar-refractivity contribution in [2.45, 2.75) is 0 Å². The predicted octanol–water partition coefficient (Wildman–Crippen LogP) is 1.97. The number of rotatable bonds is 2. The monoisotopic (exact) mass is 298 g/mol. The molecule has 0 unspecified atom stereocenters. The Balaban J connectivity index is 1.89. The second-order valence-electron chi connectivity index (χ2n) is 4.45. The fraction of sp³-hybridized carbons (Fsp3) is 0. The molecule has 22 heavy (non-hydrogen) atoms. The topological polar surface area (TPSA) is 113 Å². The second-order valence-corrected chi connectivity index (χ2v) is 4.45. The Hall–Kier alpha value is -3.35. The van der Waals surface area contributed by atoms with Crippen molar-refractivity contribution < 1.29 is 24.9 Å². The molecule has 1 aromatic heterocycles. The number of esters is 1. The zero-order chi connectivity index (χ0) is 15.7. The molecule has 1 heterocycles. The van der Waals surface area contributed by atoms with E-state index in [9.17, 15) is 20.1 Å². The SMILES string of the molecule is O=C(Oc1cnc2ccccc2n1)c1cc(O)c(O)c(O)c1. The first-order valence-corrected chi connectivity index (χ1v) is 6.23. The molecule has 3 rings (SSSR count). The quantitative estimate of drug-likeness (QED) is 0.489. The Morgan fingerprint density at radius 3 is 2.32 bits per heavy atom. The molecule has 2 aromatic carbocycles. The van der Waals surface area contributed by atoms with Crippen LogP contribution in [0.5, 0.6) is 23.1 Å². The van der Waals surface area contributed by atoms with E-state index in [0.717, 1.165) is 12.1 Å². The molecule has 0 spiro atoms. The van der Waals surface area contributed by atoms with Crippen molar-refractivity contribution in [2.75, 3.05) is 0 Å². The number of hydrogen-bond donors (Lipinski definition) is 3. The van der Waals surface area contributed by atoms with Crippen LogP contribution >= 0.6 is 0 Å². The van der Waals surface area contributed by atoms with Crippen LogP contribution in [0.4, 0.5) is 0 Å². The van der Waals surface area contributed by atoms with E-state index in [4.69, 9.17) is 4.74 Å². The number of para-hydroxylation sites is 2. The zero-order valence-electron chi connectivity index (χ0n) is 11.1. The van der Waals surface area contributed by atoms with Gasteiger partial charge in [0.25, 0.3) is 0 Å². The number of carbonyl (C=O) groups is 1.